The van der Waals surface area contributed by atoms with Crippen LogP contribution in [0.1, 0.15) is 57.0 Å². The first-order valence-corrected chi connectivity index (χ1v) is 9.04. The molecule has 1 saturated carbocycles. The molecule has 6 nitrogen and oxygen atoms in total. The lowest BCUT2D eigenvalue weighted by Crippen LogP contribution is -2.33. The number of nitrogens with one attached hydrogen (secondary N) is 1. The number of aromatic nitrogens is 2. The van der Waals surface area contributed by atoms with Gasteiger partial charge < -0.3 is 15.6 Å². The van der Waals surface area contributed by atoms with E-state index in [0.717, 1.165) is 31.2 Å². The normalized spacial score (nSPS) is 20.4. The van der Waals surface area contributed by atoms with Crippen LogP contribution in [0.15, 0.2) is 28.8 Å². The molecule has 3 atom stereocenters. The van der Waals surface area contributed by atoms with Crippen LogP contribution in [0, 0.1) is 5.92 Å². The van der Waals surface area contributed by atoms with Gasteiger partial charge in [0.1, 0.15) is 6.04 Å². The fourth-order valence-electron chi connectivity index (χ4n) is 3.34. The van der Waals surface area contributed by atoms with Crippen molar-refractivity contribution in [3.63, 3.8) is 0 Å². The lowest BCUT2D eigenvalue weighted by atomic mass is 10.00. The third-order valence-corrected chi connectivity index (χ3v) is 4.98. The van der Waals surface area contributed by atoms with Gasteiger partial charge in [0.05, 0.1) is 0 Å². The number of benzene rings is 1. The van der Waals surface area contributed by atoms with Gasteiger partial charge in [-0.2, -0.15) is 4.98 Å². The summed E-state index contributed by atoms with van der Waals surface area (Å²) in [5.41, 5.74) is 8.20. The summed E-state index contributed by atoms with van der Waals surface area (Å²) in [6, 6.07) is 7.91. The molecule has 1 unspecified atom stereocenters. The topological polar surface area (TPSA) is 94.0 Å². The van der Waals surface area contributed by atoms with Gasteiger partial charge in [-0.1, -0.05) is 42.8 Å². The minimum absolute atomic E-state index is 0. The zero-order valence-electron chi connectivity index (χ0n) is 15.3. The number of halogens is 1. The molecular formula is C19H27ClN4O2. The van der Waals surface area contributed by atoms with Crippen LogP contribution in [0.4, 0.5) is 0 Å². The maximum atomic E-state index is 12.2. The molecule has 1 aromatic heterocycles. The second-order valence-electron chi connectivity index (χ2n) is 6.85. The SMILES string of the molecule is CCc1ccc(-c2noc(C(C)NC(=O)C[C@@H]3CCC[C@H]3N)n2)cc1.Cl. The van der Waals surface area contributed by atoms with Gasteiger partial charge in [-0.25, -0.2) is 0 Å². The molecule has 1 amide bonds. The summed E-state index contributed by atoms with van der Waals surface area (Å²) in [4.78, 5) is 16.6. The molecule has 7 heteroatoms. The summed E-state index contributed by atoms with van der Waals surface area (Å²) < 4.78 is 5.33. The van der Waals surface area contributed by atoms with Crippen LogP contribution in [-0.2, 0) is 11.2 Å². The van der Waals surface area contributed by atoms with Crippen molar-refractivity contribution in [2.24, 2.45) is 11.7 Å². The molecule has 142 valence electrons. The Labute approximate surface area is 160 Å². The van der Waals surface area contributed by atoms with Crippen LogP contribution in [0.3, 0.4) is 0 Å². The van der Waals surface area contributed by atoms with E-state index in [1.165, 1.54) is 5.56 Å². The van der Waals surface area contributed by atoms with E-state index in [0.29, 0.717) is 18.1 Å². The van der Waals surface area contributed by atoms with E-state index in [9.17, 15) is 4.79 Å². The maximum Gasteiger partial charge on any atom is 0.249 e. The van der Waals surface area contributed by atoms with Crippen LogP contribution >= 0.6 is 12.4 Å². The van der Waals surface area contributed by atoms with Crippen LogP contribution in [0.2, 0.25) is 0 Å². The van der Waals surface area contributed by atoms with E-state index in [2.05, 4.69) is 34.5 Å². The summed E-state index contributed by atoms with van der Waals surface area (Å²) in [7, 11) is 0. The zero-order chi connectivity index (χ0) is 17.8. The van der Waals surface area contributed by atoms with Gasteiger partial charge in [-0.05, 0) is 37.7 Å². The highest BCUT2D eigenvalue weighted by atomic mass is 35.5. The van der Waals surface area contributed by atoms with Crippen LogP contribution in [0.25, 0.3) is 11.4 Å². The largest absolute Gasteiger partial charge is 0.345 e. The van der Waals surface area contributed by atoms with Crippen molar-refractivity contribution < 1.29 is 9.32 Å². The Morgan fingerprint density at radius 2 is 2.08 bits per heavy atom. The van der Waals surface area contributed by atoms with Gasteiger partial charge in [-0.3, -0.25) is 4.79 Å². The third-order valence-electron chi connectivity index (χ3n) is 4.98. The molecule has 0 radical (unpaired) electrons. The Bertz CT molecular complexity index is 717. The lowest BCUT2D eigenvalue weighted by molar-refractivity contribution is -0.122. The third kappa shape index (κ3) is 4.83. The molecule has 3 rings (SSSR count). The number of hydrogen-bond acceptors (Lipinski definition) is 5. The minimum Gasteiger partial charge on any atom is -0.345 e. The van der Waals surface area contributed by atoms with E-state index in [1.54, 1.807) is 0 Å². The van der Waals surface area contributed by atoms with Crippen molar-refractivity contribution in [3.8, 4) is 11.4 Å². The molecule has 1 aliphatic rings. The van der Waals surface area contributed by atoms with E-state index in [-0.39, 0.29) is 36.3 Å². The quantitative estimate of drug-likeness (QED) is 0.803. The summed E-state index contributed by atoms with van der Waals surface area (Å²) in [6.45, 7) is 3.97. The fourth-order valence-corrected chi connectivity index (χ4v) is 3.34. The highest BCUT2D eigenvalue weighted by Gasteiger charge is 2.27. The van der Waals surface area contributed by atoms with Gasteiger partial charge in [0.15, 0.2) is 0 Å². The van der Waals surface area contributed by atoms with E-state index >= 15 is 0 Å². The van der Waals surface area contributed by atoms with Crippen LogP contribution in [0.5, 0.6) is 0 Å². The fraction of sp³-hybridized carbons (Fsp3) is 0.526. The minimum atomic E-state index is -0.318. The molecule has 1 aromatic carbocycles. The summed E-state index contributed by atoms with van der Waals surface area (Å²) in [5.74, 6) is 1.22. The molecule has 0 saturated heterocycles. The predicted octanol–water partition coefficient (Wildman–Crippen LogP) is 3.42. The van der Waals surface area contributed by atoms with Gasteiger partial charge in [0.2, 0.25) is 17.6 Å². The van der Waals surface area contributed by atoms with E-state index in [4.69, 9.17) is 10.3 Å². The van der Waals surface area contributed by atoms with Gasteiger partial charge in [0.25, 0.3) is 0 Å². The van der Waals surface area contributed by atoms with Gasteiger partial charge >= 0.3 is 0 Å². The number of carbonyl (C=O) groups excluding carboxylic acids is 1. The van der Waals surface area contributed by atoms with Crippen molar-refractivity contribution in [2.45, 2.75) is 58.0 Å². The number of nitrogens with zero attached hydrogens (tertiary/aromatic N) is 2. The Morgan fingerprint density at radius 1 is 1.35 bits per heavy atom. The molecule has 3 N–H and O–H groups in total. The first kappa shape index (κ1) is 20.4. The van der Waals surface area contributed by atoms with E-state index < -0.39 is 0 Å². The molecule has 1 fully saturated rings. The van der Waals surface area contributed by atoms with E-state index in [1.807, 2.05) is 19.1 Å². The molecule has 1 aliphatic carbocycles. The molecule has 0 bridgehead atoms. The second kappa shape index (κ2) is 9.14. The summed E-state index contributed by atoms with van der Waals surface area (Å²) in [5, 5.41) is 6.96. The van der Waals surface area contributed by atoms with Crippen LogP contribution in [-0.4, -0.2) is 22.1 Å². The smallest absolute Gasteiger partial charge is 0.249 e. The van der Waals surface area contributed by atoms with Gasteiger partial charge in [0, 0.05) is 18.0 Å². The number of aryl methyl sites for hydroxylation is 1. The highest BCUT2D eigenvalue weighted by molar-refractivity contribution is 5.85. The Kier molecular flexibility index (Phi) is 7.17. The Balaban J connectivity index is 0.00000243. The highest BCUT2D eigenvalue weighted by Crippen LogP contribution is 2.27. The maximum absolute atomic E-state index is 12.2. The number of amides is 1. The second-order valence-corrected chi connectivity index (χ2v) is 6.85. The van der Waals surface area contributed by atoms with Crippen molar-refractivity contribution in [1.82, 2.24) is 15.5 Å². The van der Waals surface area contributed by atoms with Crippen molar-refractivity contribution in [1.29, 1.82) is 0 Å². The van der Waals surface area contributed by atoms with Gasteiger partial charge in [-0.15, -0.1) is 12.4 Å². The molecule has 0 spiro atoms. The van der Waals surface area contributed by atoms with Crippen molar-refractivity contribution in [3.05, 3.63) is 35.7 Å². The monoisotopic (exact) mass is 378 g/mol. The van der Waals surface area contributed by atoms with Crippen molar-refractivity contribution >= 4 is 18.3 Å². The van der Waals surface area contributed by atoms with Crippen molar-refractivity contribution in [2.75, 3.05) is 0 Å². The zero-order valence-corrected chi connectivity index (χ0v) is 16.1. The number of carbonyl (C=O) groups is 1. The Morgan fingerprint density at radius 3 is 2.69 bits per heavy atom. The standard InChI is InChI=1S/C19H26N4O2.ClH/c1-3-13-7-9-14(10-8-13)18-22-19(25-23-18)12(2)21-17(24)11-15-5-4-6-16(15)20;/h7-10,12,15-16H,3-6,11,20H2,1-2H3,(H,21,24);1H/t12?,15-,16+;/m0./s1. The summed E-state index contributed by atoms with van der Waals surface area (Å²) >= 11 is 0. The molecule has 0 aliphatic heterocycles. The first-order valence-electron chi connectivity index (χ1n) is 9.04. The Hall–Kier alpha value is -1.92. The molecule has 1 heterocycles. The number of hydrogen-bond donors (Lipinski definition) is 2. The summed E-state index contributed by atoms with van der Waals surface area (Å²) in [6.07, 6.45) is 4.60. The predicted molar refractivity (Wildman–Crippen MR) is 103 cm³/mol. The average Bonchev–Trinajstić information content (AvgIpc) is 3.25. The first-order chi connectivity index (χ1) is 12.1. The number of rotatable bonds is 6. The number of nitrogens with two attached hydrogens (primary N) is 1. The van der Waals surface area contributed by atoms with Crippen LogP contribution < -0.4 is 11.1 Å². The average molecular weight is 379 g/mol. The molecule has 2 aromatic rings. The molecular weight excluding hydrogens is 352 g/mol. The lowest BCUT2D eigenvalue weighted by Gasteiger charge is -2.16. The molecule has 26 heavy (non-hydrogen) atoms.